The lowest BCUT2D eigenvalue weighted by Gasteiger charge is -2.22. The van der Waals surface area contributed by atoms with Gasteiger partial charge in [0.15, 0.2) is 11.6 Å². The number of ether oxygens (including phenoxy) is 2. The number of carbonyl (C=O) groups excluding carboxylic acids is 4. The quantitative estimate of drug-likeness (QED) is 0.449. The number of alkyl carbamates (subject to hydrolysis) is 1. The summed E-state index contributed by atoms with van der Waals surface area (Å²) in [5.41, 5.74) is -0.716. The third-order valence-electron chi connectivity index (χ3n) is 2.59. The SMILES string of the molecule is CC(C)(C)OC(=O)NC(CS)C(=O)OC1C(=O)CCC1=O. The zero-order valence-corrected chi connectivity index (χ0v) is 13.1. The highest BCUT2D eigenvalue weighted by Gasteiger charge is 2.38. The van der Waals surface area contributed by atoms with Crippen LogP contribution in [0.5, 0.6) is 0 Å². The van der Waals surface area contributed by atoms with Crippen molar-refractivity contribution in [3.8, 4) is 0 Å². The predicted molar refractivity (Wildman–Crippen MR) is 76.1 cm³/mol. The fourth-order valence-corrected chi connectivity index (χ4v) is 1.89. The summed E-state index contributed by atoms with van der Waals surface area (Å²) in [5, 5.41) is 2.29. The van der Waals surface area contributed by atoms with Crippen LogP contribution in [0.2, 0.25) is 0 Å². The predicted octanol–water partition coefficient (Wildman–Crippen LogP) is 0.653. The zero-order valence-electron chi connectivity index (χ0n) is 12.2. The van der Waals surface area contributed by atoms with Crippen LogP contribution in [0.25, 0.3) is 0 Å². The summed E-state index contributed by atoms with van der Waals surface area (Å²) in [6, 6.07) is -1.09. The number of rotatable bonds is 4. The molecule has 0 aromatic heterocycles. The highest BCUT2D eigenvalue weighted by atomic mass is 32.1. The van der Waals surface area contributed by atoms with Crippen LogP contribution in [0, 0.1) is 0 Å². The van der Waals surface area contributed by atoms with Crippen molar-refractivity contribution in [3.63, 3.8) is 0 Å². The molecule has 0 saturated heterocycles. The summed E-state index contributed by atoms with van der Waals surface area (Å²) in [7, 11) is 0. The summed E-state index contributed by atoms with van der Waals surface area (Å²) in [5.74, 6) is -1.79. The van der Waals surface area contributed by atoms with Crippen molar-refractivity contribution < 1.29 is 28.7 Å². The molecule has 0 heterocycles. The Morgan fingerprint density at radius 2 is 1.81 bits per heavy atom. The van der Waals surface area contributed by atoms with Crippen LogP contribution in [0.1, 0.15) is 33.6 Å². The van der Waals surface area contributed by atoms with E-state index < -0.39 is 41.4 Å². The van der Waals surface area contributed by atoms with E-state index in [2.05, 4.69) is 17.9 Å². The lowest BCUT2D eigenvalue weighted by Crippen LogP contribution is -2.47. The lowest BCUT2D eigenvalue weighted by molar-refractivity contribution is -0.158. The number of ketones is 2. The maximum absolute atomic E-state index is 11.9. The fourth-order valence-electron chi connectivity index (χ4n) is 1.65. The van der Waals surface area contributed by atoms with Gasteiger partial charge in [0.1, 0.15) is 11.6 Å². The van der Waals surface area contributed by atoms with Gasteiger partial charge in [-0.05, 0) is 20.8 Å². The van der Waals surface area contributed by atoms with Gasteiger partial charge >= 0.3 is 12.1 Å². The van der Waals surface area contributed by atoms with Gasteiger partial charge in [-0.3, -0.25) is 9.59 Å². The Bertz CT molecular complexity index is 440. The van der Waals surface area contributed by atoms with Crippen LogP contribution in [0.4, 0.5) is 4.79 Å². The van der Waals surface area contributed by atoms with E-state index in [1.807, 2.05) is 0 Å². The minimum atomic E-state index is -1.36. The molecule has 1 fully saturated rings. The molecule has 0 aliphatic heterocycles. The number of Topliss-reactive ketones (excluding diaryl/α,β-unsaturated/α-hetero) is 2. The molecule has 0 aromatic carbocycles. The summed E-state index contributed by atoms with van der Waals surface area (Å²) in [6.07, 6.45) is -2.02. The van der Waals surface area contributed by atoms with Crippen molar-refractivity contribution in [2.24, 2.45) is 0 Å². The molecular weight excluding hydrogens is 298 g/mol. The molecule has 8 heteroatoms. The summed E-state index contributed by atoms with van der Waals surface area (Å²) in [4.78, 5) is 46.3. The first kappa shape index (κ1) is 17.5. The van der Waals surface area contributed by atoms with Gasteiger partial charge in [-0.2, -0.15) is 12.6 Å². The second kappa shape index (κ2) is 6.93. The molecular formula is C13H19NO6S. The Balaban J connectivity index is 2.59. The van der Waals surface area contributed by atoms with Crippen LogP contribution < -0.4 is 5.32 Å². The van der Waals surface area contributed by atoms with Gasteiger partial charge in [-0.25, -0.2) is 9.59 Å². The van der Waals surface area contributed by atoms with E-state index in [4.69, 9.17) is 9.47 Å². The van der Waals surface area contributed by atoms with E-state index in [1.165, 1.54) is 0 Å². The maximum atomic E-state index is 11.9. The number of hydrogen-bond donors (Lipinski definition) is 2. The number of esters is 1. The average molecular weight is 317 g/mol. The second-order valence-corrected chi connectivity index (χ2v) is 6.00. The van der Waals surface area contributed by atoms with Crippen LogP contribution in [0.15, 0.2) is 0 Å². The number of carbonyl (C=O) groups is 4. The van der Waals surface area contributed by atoms with Crippen molar-refractivity contribution >= 4 is 36.3 Å². The molecule has 0 radical (unpaired) electrons. The number of hydrogen-bond acceptors (Lipinski definition) is 7. The molecule has 7 nitrogen and oxygen atoms in total. The van der Waals surface area contributed by atoms with E-state index in [0.29, 0.717) is 0 Å². The van der Waals surface area contributed by atoms with E-state index in [0.717, 1.165) is 0 Å². The number of thiol groups is 1. The molecule has 0 spiro atoms. The summed E-state index contributed by atoms with van der Waals surface area (Å²) in [6.45, 7) is 5.03. The zero-order chi connectivity index (χ0) is 16.2. The molecule has 1 aliphatic carbocycles. The molecule has 0 aromatic rings. The Hall–Kier alpha value is -1.57. The normalized spacial score (nSPS) is 17.5. The molecule has 1 saturated carbocycles. The fraction of sp³-hybridized carbons (Fsp3) is 0.692. The highest BCUT2D eigenvalue weighted by molar-refractivity contribution is 7.80. The van der Waals surface area contributed by atoms with Crippen molar-refractivity contribution in [1.82, 2.24) is 5.32 Å². The molecule has 1 rings (SSSR count). The average Bonchev–Trinajstić information content (AvgIpc) is 2.65. The summed E-state index contributed by atoms with van der Waals surface area (Å²) < 4.78 is 9.87. The summed E-state index contributed by atoms with van der Waals surface area (Å²) >= 11 is 3.94. The van der Waals surface area contributed by atoms with Gasteiger partial charge in [0.25, 0.3) is 0 Å². The molecule has 1 unspecified atom stereocenters. The van der Waals surface area contributed by atoms with Crippen molar-refractivity contribution in [2.75, 3.05) is 5.75 Å². The molecule has 1 amide bonds. The number of amides is 1. The van der Waals surface area contributed by atoms with Gasteiger partial charge in [-0.15, -0.1) is 0 Å². The van der Waals surface area contributed by atoms with Crippen LogP contribution in [-0.2, 0) is 23.9 Å². The standard InChI is InChI=1S/C13H19NO6S/c1-13(2,3)20-12(18)14-7(6-21)11(17)19-10-8(15)4-5-9(10)16/h7,10,21H,4-6H2,1-3H3,(H,14,18). The van der Waals surface area contributed by atoms with Crippen LogP contribution >= 0.6 is 12.6 Å². The van der Waals surface area contributed by atoms with E-state index >= 15 is 0 Å². The monoisotopic (exact) mass is 317 g/mol. The van der Waals surface area contributed by atoms with Gasteiger partial charge in [0.2, 0.25) is 6.10 Å². The largest absolute Gasteiger partial charge is 0.445 e. The van der Waals surface area contributed by atoms with Crippen molar-refractivity contribution in [1.29, 1.82) is 0 Å². The molecule has 1 aliphatic rings. The highest BCUT2D eigenvalue weighted by Crippen LogP contribution is 2.15. The van der Waals surface area contributed by atoms with Gasteiger partial charge in [0, 0.05) is 18.6 Å². The van der Waals surface area contributed by atoms with E-state index in [1.54, 1.807) is 20.8 Å². The van der Waals surface area contributed by atoms with Crippen LogP contribution in [-0.4, -0.2) is 47.1 Å². The first-order chi connectivity index (χ1) is 9.64. The Labute approximate surface area is 128 Å². The first-order valence-electron chi connectivity index (χ1n) is 6.50. The lowest BCUT2D eigenvalue weighted by atomic mass is 10.2. The minimum Gasteiger partial charge on any atom is -0.445 e. The van der Waals surface area contributed by atoms with Crippen molar-refractivity contribution in [3.05, 3.63) is 0 Å². The third kappa shape index (κ3) is 5.37. The molecule has 21 heavy (non-hydrogen) atoms. The molecule has 118 valence electrons. The van der Waals surface area contributed by atoms with E-state index in [9.17, 15) is 19.2 Å². The minimum absolute atomic E-state index is 0.0484. The van der Waals surface area contributed by atoms with Crippen molar-refractivity contribution in [2.45, 2.75) is 51.4 Å². The topological polar surface area (TPSA) is 98.8 Å². The van der Waals surface area contributed by atoms with Gasteiger partial charge < -0.3 is 14.8 Å². The molecule has 0 bridgehead atoms. The Morgan fingerprint density at radius 1 is 1.29 bits per heavy atom. The smallest absolute Gasteiger partial charge is 0.408 e. The van der Waals surface area contributed by atoms with Gasteiger partial charge in [-0.1, -0.05) is 0 Å². The first-order valence-corrected chi connectivity index (χ1v) is 7.13. The Morgan fingerprint density at radius 3 is 2.24 bits per heavy atom. The maximum Gasteiger partial charge on any atom is 0.408 e. The van der Waals surface area contributed by atoms with Gasteiger partial charge in [0.05, 0.1) is 0 Å². The second-order valence-electron chi connectivity index (χ2n) is 5.63. The Kier molecular flexibility index (Phi) is 5.77. The van der Waals surface area contributed by atoms with E-state index in [-0.39, 0.29) is 18.6 Å². The van der Waals surface area contributed by atoms with Crippen LogP contribution in [0.3, 0.4) is 0 Å². The molecule has 1 atom stereocenters. The third-order valence-corrected chi connectivity index (χ3v) is 2.96. The number of nitrogens with one attached hydrogen (secondary N) is 1. The molecule has 1 N–H and O–H groups in total.